The van der Waals surface area contributed by atoms with Crippen LogP contribution in [0.4, 0.5) is 27.6 Å². The van der Waals surface area contributed by atoms with E-state index in [1.165, 1.54) is 6.33 Å². The Morgan fingerprint density at radius 3 is 2.25 bits per heavy atom. The molecule has 3 heterocycles. The fraction of sp³-hybridized carbons (Fsp3) is 0.0526. The van der Waals surface area contributed by atoms with E-state index in [2.05, 4.69) is 36.6 Å². The molecule has 4 N–H and O–H groups in total. The van der Waals surface area contributed by atoms with E-state index < -0.39 is 0 Å². The van der Waals surface area contributed by atoms with Crippen LogP contribution in [0.15, 0.2) is 48.8 Å². The van der Waals surface area contributed by atoms with Crippen molar-refractivity contribution < 1.29 is 0 Å². The summed E-state index contributed by atoms with van der Waals surface area (Å²) in [4.78, 5) is 17.8. The molecule has 0 unspecified atom stereocenters. The lowest BCUT2D eigenvalue weighted by Crippen LogP contribution is -2.04. The van der Waals surface area contributed by atoms with Crippen molar-refractivity contribution in [3.63, 3.8) is 0 Å². The first-order valence-corrected chi connectivity index (χ1v) is 10.2. The third-order valence-electron chi connectivity index (χ3n) is 4.25. The summed E-state index contributed by atoms with van der Waals surface area (Å²) in [6.07, 6.45) is 1.47. The van der Waals surface area contributed by atoms with Gasteiger partial charge in [-0.3, -0.25) is 0 Å². The molecular weight excluding hydrogens is 390 g/mol. The lowest BCUT2D eigenvalue weighted by molar-refractivity contribution is 1.17. The fourth-order valence-corrected chi connectivity index (χ4v) is 4.67. The minimum Gasteiger partial charge on any atom is -0.393 e. The molecule has 0 bridgehead atoms. The molecule has 0 aliphatic carbocycles. The molecule has 28 heavy (non-hydrogen) atoms. The number of benzene rings is 2. The van der Waals surface area contributed by atoms with Crippen LogP contribution in [-0.4, -0.2) is 19.9 Å². The first-order valence-electron chi connectivity index (χ1n) is 8.53. The number of hydrogen-bond donors (Lipinski definition) is 3. The minimum absolute atomic E-state index is 0.415. The Balaban J connectivity index is 1.45. The molecule has 0 aliphatic rings. The van der Waals surface area contributed by atoms with Gasteiger partial charge in [-0.15, -0.1) is 0 Å². The largest absolute Gasteiger partial charge is 0.393 e. The van der Waals surface area contributed by atoms with Gasteiger partial charge < -0.3 is 16.4 Å². The summed E-state index contributed by atoms with van der Waals surface area (Å²) in [5.74, 6) is 1.02. The van der Waals surface area contributed by atoms with Crippen molar-refractivity contribution in [2.45, 2.75) is 6.92 Å². The normalized spacial score (nSPS) is 11.2. The maximum atomic E-state index is 6.30. The van der Waals surface area contributed by atoms with Crippen LogP contribution in [0.1, 0.15) is 5.56 Å². The third-order valence-corrected chi connectivity index (χ3v) is 6.14. The van der Waals surface area contributed by atoms with Crippen molar-refractivity contribution in [3.05, 3.63) is 54.4 Å². The summed E-state index contributed by atoms with van der Waals surface area (Å²) in [7, 11) is 0. The molecule has 0 fully saturated rings. The monoisotopic (exact) mass is 405 g/mol. The number of nitrogens with one attached hydrogen (secondary N) is 2. The van der Waals surface area contributed by atoms with E-state index in [1.54, 1.807) is 22.7 Å². The van der Waals surface area contributed by atoms with E-state index >= 15 is 0 Å². The van der Waals surface area contributed by atoms with Crippen molar-refractivity contribution >= 4 is 70.7 Å². The Kier molecular flexibility index (Phi) is 4.03. The first kappa shape index (κ1) is 16.8. The second kappa shape index (κ2) is 6.70. The van der Waals surface area contributed by atoms with Gasteiger partial charge in [0.25, 0.3) is 0 Å². The second-order valence-corrected chi connectivity index (χ2v) is 8.22. The van der Waals surface area contributed by atoms with Crippen molar-refractivity contribution in [1.82, 2.24) is 19.9 Å². The highest BCUT2D eigenvalue weighted by Gasteiger charge is 2.13. The molecule has 9 heteroatoms. The highest BCUT2D eigenvalue weighted by molar-refractivity contribution is 7.22. The van der Waals surface area contributed by atoms with Crippen LogP contribution < -0.4 is 16.4 Å². The van der Waals surface area contributed by atoms with Gasteiger partial charge in [0.05, 0.1) is 20.4 Å². The van der Waals surface area contributed by atoms with Crippen molar-refractivity contribution in [1.29, 1.82) is 0 Å². The fourth-order valence-electron chi connectivity index (χ4n) is 2.86. The topological polar surface area (TPSA) is 102 Å². The molecule has 138 valence electrons. The van der Waals surface area contributed by atoms with Crippen LogP contribution in [0.5, 0.6) is 0 Å². The molecule has 5 rings (SSSR count). The number of thiazole rings is 2. The lowest BCUT2D eigenvalue weighted by Gasteiger charge is -2.09. The average molecular weight is 406 g/mol. The van der Waals surface area contributed by atoms with Gasteiger partial charge in [-0.05, 0) is 30.7 Å². The van der Waals surface area contributed by atoms with E-state index in [-0.39, 0.29) is 0 Å². The maximum Gasteiger partial charge on any atom is 0.189 e. The number of nitrogen functional groups attached to an aromatic ring is 1. The Hall–Kier alpha value is -3.30. The number of aryl methyl sites for hydroxylation is 1. The number of nitrogens with zero attached hydrogens (tertiary/aromatic N) is 4. The van der Waals surface area contributed by atoms with Gasteiger partial charge in [0.2, 0.25) is 0 Å². The molecule has 0 spiro atoms. The molecule has 0 radical (unpaired) electrons. The molecule has 0 aliphatic heterocycles. The van der Waals surface area contributed by atoms with E-state index in [0.717, 1.165) is 36.3 Å². The summed E-state index contributed by atoms with van der Waals surface area (Å²) in [6, 6.07) is 14.1. The zero-order valence-electron chi connectivity index (χ0n) is 14.8. The van der Waals surface area contributed by atoms with Crippen molar-refractivity contribution in [3.8, 4) is 0 Å². The van der Waals surface area contributed by atoms with E-state index in [1.807, 2.05) is 43.3 Å². The number of hydrogen-bond acceptors (Lipinski definition) is 9. The van der Waals surface area contributed by atoms with Crippen molar-refractivity contribution in [2.24, 2.45) is 0 Å². The average Bonchev–Trinajstić information content (AvgIpc) is 3.29. The number of anilines is 5. The van der Waals surface area contributed by atoms with Gasteiger partial charge in [0.1, 0.15) is 12.0 Å². The number of fused-ring (bicyclic) bond motifs is 2. The van der Waals surface area contributed by atoms with E-state index in [0.29, 0.717) is 17.3 Å². The zero-order chi connectivity index (χ0) is 19.1. The van der Waals surface area contributed by atoms with Crippen LogP contribution in [0.2, 0.25) is 0 Å². The zero-order valence-corrected chi connectivity index (χ0v) is 16.4. The van der Waals surface area contributed by atoms with Crippen LogP contribution in [0.25, 0.3) is 20.4 Å². The van der Waals surface area contributed by atoms with Gasteiger partial charge in [-0.2, -0.15) is 0 Å². The molecule has 0 saturated carbocycles. The van der Waals surface area contributed by atoms with Crippen LogP contribution in [-0.2, 0) is 0 Å². The predicted octanol–water partition coefficient (Wildman–Crippen LogP) is 5.07. The number of nitrogens with two attached hydrogens (primary N) is 1. The van der Waals surface area contributed by atoms with Gasteiger partial charge in [0, 0.05) is 0 Å². The van der Waals surface area contributed by atoms with E-state index in [4.69, 9.17) is 5.73 Å². The van der Waals surface area contributed by atoms with Gasteiger partial charge in [-0.25, -0.2) is 19.9 Å². The standard InChI is InChI=1S/C19H15N7S2/c1-10-5-4-8-13-15(10)24-19(28-13)26-17-14(20)16(21-9-22-17)25-18-23-11-6-2-3-7-12(11)27-18/h2-9H,20H2,1H3,(H2,21,22,23,24,25,26). The molecule has 0 amide bonds. The van der Waals surface area contributed by atoms with Crippen LogP contribution >= 0.6 is 22.7 Å². The maximum absolute atomic E-state index is 6.30. The molecular formula is C19H15N7S2. The van der Waals surface area contributed by atoms with E-state index in [9.17, 15) is 0 Å². The number of rotatable bonds is 4. The number of para-hydroxylation sites is 2. The summed E-state index contributed by atoms with van der Waals surface area (Å²) in [5, 5.41) is 7.88. The highest BCUT2D eigenvalue weighted by atomic mass is 32.1. The Morgan fingerprint density at radius 1 is 0.821 bits per heavy atom. The minimum atomic E-state index is 0.415. The summed E-state index contributed by atoms with van der Waals surface area (Å²) < 4.78 is 2.21. The summed E-state index contributed by atoms with van der Waals surface area (Å²) >= 11 is 3.11. The smallest absolute Gasteiger partial charge is 0.189 e. The van der Waals surface area contributed by atoms with Crippen LogP contribution in [0, 0.1) is 6.92 Å². The van der Waals surface area contributed by atoms with Gasteiger partial charge in [0.15, 0.2) is 21.9 Å². The Bertz CT molecular complexity index is 1280. The Morgan fingerprint density at radius 2 is 1.50 bits per heavy atom. The molecule has 0 atom stereocenters. The van der Waals surface area contributed by atoms with Gasteiger partial charge >= 0.3 is 0 Å². The second-order valence-electron chi connectivity index (χ2n) is 6.16. The molecule has 5 aromatic rings. The summed E-state index contributed by atoms with van der Waals surface area (Å²) in [6.45, 7) is 2.05. The molecule has 2 aromatic carbocycles. The molecule has 7 nitrogen and oxygen atoms in total. The predicted molar refractivity (Wildman–Crippen MR) is 117 cm³/mol. The number of aromatic nitrogens is 4. The quantitative estimate of drug-likeness (QED) is 0.383. The highest BCUT2D eigenvalue weighted by Crippen LogP contribution is 2.34. The molecule has 0 saturated heterocycles. The van der Waals surface area contributed by atoms with Gasteiger partial charge in [-0.1, -0.05) is 46.9 Å². The van der Waals surface area contributed by atoms with Crippen molar-refractivity contribution in [2.75, 3.05) is 16.4 Å². The first-order chi connectivity index (χ1) is 13.7. The Labute approximate surface area is 168 Å². The summed E-state index contributed by atoms with van der Waals surface area (Å²) in [5.41, 5.74) is 9.77. The lowest BCUT2D eigenvalue weighted by atomic mass is 10.2. The van der Waals surface area contributed by atoms with Crippen LogP contribution in [0.3, 0.4) is 0 Å². The SMILES string of the molecule is Cc1cccc2sc(Nc3ncnc(Nc4nc5ccccc5s4)c3N)nc12. The third kappa shape index (κ3) is 3.00. The molecule has 3 aromatic heterocycles.